The lowest BCUT2D eigenvalue weighted by Gasteiger charge is -2.25. The maximum atomic E-state index is 12.9. The van der Waals surface area contributed by atoms with E-state index in [4.69, 9.17) is 13.1 Å². The van der Waals surface area contributed by atoms with Crippen molar-refractivity contribution < 1.29 is 35.9 Å². The van der Waals surface area contributed by atoms with E-state index in [1.54, 1.807) is 0 Å². The van der Waals surface area contributed by atoms with E-state index in [1.807, 2.05) is 6.92 Å². The standard InChI is InChI=1S/C14H13F3N2O.C8H3BrF3N.C6H11NO/c1-3-9-5-7-13(20)19(9)10-4-6-12(18-2)11(8-10)14(15,16)17;1-13-7-3-2-5(9)4-6(7)8(10,11)12;1-2-5-3-4-6(8)7-5/h4,6,8-9H,3,5,7H2,1H3;2-4H;5H,2-4H2,1H3,(H,7,8)/t9-;;5-/m0.0/s1. The Morgan fingerprint density at radius 1 is 0.878 bits per heavy atom. The molecule has 4 rings (SSSR count). The molecule has 0 bridgehead atoms. The number of hydrogen-bond acceptors (Lipinski definition) is 2. The first kappa shape index (κ1) is 33.6. The van der Waals surface area contributed by atoms with Crippen molar-refractivity contribution in [3.8, 4) is 0 Å². The molecule has 2 atom stereocenters. The number of nitrogens with zero attached hydrogens (tertiary/aromatic N) is 3. The third kappa shape index (κ3) is 9.22. The van der Waals surface area contributed by atoms with E-state index in [0.29, 0.717) is 29.8 Å². The fourth-order valence-electron chi connectivity index (χ4n) is 4.30. The van der Waals surface area contributed by atoms with Crippen LogP contribution in [0.2, 0.25) is 0 Å². The van der Waals surface area contributed by atoms with Crippen molar-refractivity contribution in [1.29, 1.82) is 0 Å². The van der Waals surface area contributed by atoms with Crippen molar-refractivity contribution in [1.82, 2.24) is 5.32 Å². The highest BCUT2D eigenvalue weighted by Gasteiger charge is 2.37. The summed E-state index contributed by atoms with van der Waals surface area (Å²) in [5.74, 6) is 0.0531. The summed E-state index contributed by atoms with van der Waals surface area (Å²) in [5, 5.41) is 2.86. The lowest BCUT2D eigenvalue weighted by atomic mass is 10.1. The van der Waals surface area contributed by atoms with Gasteiger partial charge < -0.3 is 10.2 Å². The predicted octanol–water partition coefficient (Wildman–Crippen LogP) is 8.86. The van der Waals surface area contributed by atoms with E-state index in [2.05, 4.69) is 37.9 Å². The van der Waals surface area contributed by atoms with Gasteiger partial charge in [0.05, 0.1) is 24.3 Å². The van der Waals surface area contributed by atoms with Crippen LogP contribution >= 0.6 is 15.9 Å². The highest BCUT2D eigenvalue weighted by molar-refractivity contribution is 9.10. The van der Waals surface area contributed by atoms with Crippen molar-refractivity contribution in [2.75, 3.05) is 4.90 Å². The minimum Gasteiger partial charge on any atom is -0.353 e. The monoisotopic (exact) mass is 644 g/mol. The fraction of sp³-hybridized carbons (Fsp3) is 0.429. The van der Waals surface area contributed by atoms with E-state index >= 15 is 0 Å². The van der Waals surface area contributed by atoms with Crippen LogP contribution in [0.25, 0.3) is 9.69 Å². The number of rotatable bonds is 3. The van der Waals surface area contributed by atoms with Gasteiger partial charge in [-0.1, -0.05) is 48.0 Å². The zero-order valence-corrected chi connectivity index (χ0v) is 23.8. The van der Waals surface area contributed by atoms with Gasteiger partial charge in [-0.3, -0.25) is 9.59 Å². The first-order chi connectivity index (χ1) is 19.2. The van der Waals surface area contributed by atoms with Gasteiger partial charge in [-0.05, 0) is 43.9 Å². The van der Waals surface area contributed by atoms with Gasteiger partial charge >= 0.3 is 12.4 Å². The van der Waals surface area contributed by atoms with Gasteiger partial charge in [0, 0.05) is 35.1 Å². The van der Waals surface area contributed by atoms with Crippen molar-refractivity contribution in [2.45, 2.75) is 76.8 Å². The normalized spacial score (nSPS) is 18.4. The maximum Gasteiger partial charge on any atom is 0.407 e. The van der Waals surface area contributed by atoms with E-state index < -0.39 is 29.2 Å². The van der Waals surface area contributed by atoms with Crippen LogP contribution in [-0.2, 0) is 21.9 Å². The number of anilines is 1. The lowest BCUT2D eigenvalue weighted by Crippen LogP contribution is -2.32. The molecule has 6 nitrogen and oxygen atoms in total. The Morgan fingerprint density at radius 2 is 1.44 bits per heavy atom. The van der Waals surface area contributed by atoms with Crippen molar-refractivity contribution in [3.05, 3.63) is 74.8 Å². The number of amides is 2. The molecule has 0 aromatic heterocycles. The van der Waals surface area contributed by atoms with Gasteiger partial charge in [-0.25, -0.2) is 9.69 Å². The van der Waals surface area contributed by atoms with Gasteiger partial charge in [-0.15, -0.1) is 0 Å². The first-order valence-electron chi connectivity index (χ1n) is 12.6. The molecule has 41 heavy (non-hydrogen) atoms. The molecule has 2 saturated heterocycles. The first-order valence-corrected chi connectivity index (χ1v) is 13.4. The third-order valence-corrected chi connectivity index (χ3v) is 6.94. The molecule has 220 valence electrons. The van der Waals surface area contributed by atoms with E-state index in [9.17, 15) is 35.9 Å². The van der Waals surface area contributed by atoms with Gasteiger partial charge in [0.25, 0.3) is 0 Å². The van der Waals surface area contributed by atoms with E-state index in [-0.39, 0.29) is 29.2 Å². The molecule has 2 aliphatic rings. The SMILES string of the molecule is CC[C@H]1CCC(=O)N1.[C-]#[N+]c1ccc(Br)cc1C(F)(F)F.[C-]#[N+]c1ccc(N2C(=O)CC[C@@H]2CC)cc1C(F)(F)F. The molecule has 0 unspecified atom stereocenters. The van der Waals surface area contributed by atoms with Crippen molar-refractivity contribution >= 4 is 44.8 Å². The molecule has 1 N–H and O–H groups in total. The number of halogens is 7. The fourth-order valence-corrected chi connectivity index (χ4v) is 4.66. The summed E-state index contributed by atoms with van der Waals surface area (Å²) in [6, 6.07) is 7.29. The van der Waals surface area contributed by atoms with Crippen LogP contribution in [0.15, 0.2) is 40.9 Å². The Bertz CT molecular complexity index is 1330. The minimum absolute atomic E-state index is 0.0672. The summed E-state index contributed by atoms with van der Waals surface area (Å²) in [7, 11) is 0. The highest BCUT2D eigenvalue weighted by atomic mass is 79.9. The summed E-state index contributed by atoms with van der Waals surface area (Å²) < 4.78 is 75.9. The summed E-state index contributed by atoms with van der Waals surface area (Å²) in [6.45, 7) is 17.3. The molecule has 0 aliphatic carbocycles. The van der Waals surface area contributed by atoms with E-state index in [1.165, 1.54) is 17.0 Å². The van der Waals surface area contributed by atoms with Gasteiger partial charge in [-0.2, -0.15) is 26.3 Å². The smallest absolute Gasteiger partial charge is 0.353 e. The zero-order valence-electron chi connectivity index (χ0n) is 22.2. The molecule has 2 aliphatic heterocycles. The molecule has 2 heterocycles. The van der Waals surface area contributed by atoms with Crippen LogP contribution in [0, 0.1) is 13.1 Å². The number of nitrogens with one attached hydrogen (secondary N) is 1. The Hall–Kier alpha value is -3.58. The average molecular weight is 645 g/mol. The summed E-state index contributed by atoms with van der Waals surface area (Å²) in [5.41, 5.74) is -2.49. The van der Waals surface area contributed by atoms with Gasteiger partial charge in [0.2, 0.25) is 11.8 Å². The topological polar surface area (TPSA) is 58.1 Å². The largest absolute Gasteiger partial charge is 0.407 e. The highest BCUT2D eigenvalue weighted by Crippen LogP contribution is 2.40. The second-order valence-corrected chi connectivity index (χ2v) is 10.1. The molecule has 13 heteroatoms. The van der Waals surface area contributed by atoms with Crippen molar-refractivity contribution in [3.63, 3.8) is 0 Å². The van der Waals surface area contributed by atoms with Crippen LogP contribution in [-0.4, -0.2) is 23.9 Å². The molecule has 0 saturated carbocycles. The van der Waals surface area contributed by atoms with Crippen LogP contribution in [0.5, 0.6) is 0 Å². The molecule has 0 spiro atoms. The van der Waals surface area contributed by atoms with Crippen LogP contribution in [0.1, 0.15) is 63.5 Å². The third-order valence-electron chi connectivity index (χ3n) is 6.44. The summed E-state index contributed by atoms with van der Waals surface area (Å²) >= 11 is 2.92. The molecular formula is C28H27BrF6N4O2. The molecule has 2 fully saturated rings. The molecule has 2 amide bonds. The number of hydrogen-bond donors (Lipinski definition) is 1. The second-order valence-electron chi connectivity index (χ2n) is 9.16. The second kappa shape index (κ2) is 14.4. The molecule has 0 radical (unpaired) electrons. The molecule has 2 aromatic carbocycles. The maximum absolute atomic E-state index is 12.9. The Morgan fingerprint density at radius 3 is 1.88 bits per heavy atom. The molecule has 2 aromatic rings. The number of alkyl halides is 6. The summed E-state index contributed by atoms with van der Waals surface area (Å²) in [6.07, 6.45) is -4.52. The number of carbonyl (C=O) groups is 2. The number of carbonyl (C=O) groups excluding carboxylic acids is 2. The quantitative estimate of drug-likeness (QED) is 0.268. The van der Waals surface area contributed by atoms with Gasteiger partial charge in [0.15, 0.2) is 11.4 Å². The number of benzene rings is 2. The predicted molar refractivity (Wildman–Crippen MR) is 145 cm³/mol. The lowest BCUT2D eigenvalue weighted by molar-refractivity contribution is -0.137. The van der Waals surface area contributed by atoms with Crippen LogP contribution < -0.4 is 10.2 Å². The molecular weight excluding hydrogens is 618 g/mol. The Labute approximate surface area is 242 Å². The Balaban J connectivity index is 0.000000239. The Kier molecular flexibility index (Phi) is 11.8. The van der Waals surface area contributed by atoms with Crippen molar-refractivity contribution in [2.24, 2.45) is 0 Å². The van der Waals surface area contributed by atoms with Crippen LogP contribution in [0.3, 0.4) is 0 Å². The van der Waals surface area contributed by atoms with Gasteiger partial charge in [0.1, 0.15) is 0 Å². The minimum atomic E-state index is -4.60. The van der Waals surface area contributed by atoms with Crippen LogP contribution in [0.4, 0.5) is 43.4 Å². The van der Waals surface area contributed by atoms with E-state index in [0.717, 1.165) is 43.5 Å². The summed E-state index contributed by atoms with van der Waals surface area (Å²) in [4.78, 5) is 29.4. The average Bonchev–Trinajstić information content (AvgIpc) is 3.52. The zero-order chi connectivity index (χ0) is 31.0.